The van der Waals surface area contributed by atoms with E-state index in [9.17, 15) is 18.0 Å². The number of sulfone groups is 1. The summed E-state index contributed by atoms with van der Waals surface area (Å²) in [6.45, 7) is 3.43. The number of H-pyrrole nitrogens is 1. The molecule has 0 amide bonds. The van der Waals surface area contributed by atoms with Gasteiger partial charge in [-0.25, -0.2) is 8.42 Å². The molecule has 0 bridgehead atoms. The summed E-state index contributed by atoms with van der Waals surface area (Å²) in [5.41, 5.74) is -0.283. The van der Waals surface area contributed by atoms with Crippen LogP contribution in [-0.4, -0.2) is 61.6 Å². The summed E-state index contributed by atoms with van der Waals surface area (Å²) in [4.78, 5) is 27.2. The van der Waals surface area contributed by atoms with Crippen LogP contribution >= 0.6 is 23.4 Å². The second-order valence-electron chi connectivity index (χ2n) is 6.59. The molecule has 0 saturated carbocycles. The number of hydrogen-bond donors (Lipinski definition) is 1. The zero-order valence-corrected chi connectivity index (χ0v) is 18.7. The Kier molecular flexibility index (Phi) is 6.47. The van der Waals surface area contributed by atoms with Crippen LogP contribution in [0.1, 0.15) is 22.8 Å². The number of ketones is 1. The van der Waals surface area contributed by atoms with E-state index in [4.69, 9.17) is 16.3 Å². The smallest absolute Gasteiger partial charge is 0.277 e. The van der Waals surface area contributed by atoms with Gasteiger partial charge in [-0.2, -0.15) is 0 Å². The van der Waals surface area contributed by atoms with Gasteiger partial charge in [0.05, 0.1) is 28.8 Å². The first-order chi connectivity index (χ1) is 13.7. The van der Waals surface area contributed by atoms with E-state index in [1.54, 1.807) is 6.92 Å². The normalized spacial score (nSPS) is 17.5. The van der Waals surface area contributed by atoms with Crippen molar-refractivity contribution in [3.63, 3.8) is 0 Å². The molecule has 0 radical (unpaired) electrons. The highest BCUT2D eigenvalue weighted by Gasteiger charge is 2.30. The summed E-state index contributed by atoms with van der Waals surface area (Å²) in [6, 6.07) is 2.73. The maximum absolute atomic E-state index is 13.0. The van der Waals surface area contributed by atoms with E-state index in [-0.39, 0.29) is 32.2 Å². The van der Waals surface area contributed by atoms with Gasteiger partial charge < -0.3 is 14.7 Å². The van der Waals surface area contributed by atoms with Gasteiger partial charge in [-0.05, 0) is 25.3 Å². The predicted molar refractivity (Wildman–Crippen MR) is 114 cm³/mol. The molecule has 1 N–H and O–H groups in total. The molecule has 1 unspecified atom stereocenters. The lowest BCUT2D eigenvalue weighted by Crippen LogP contribution is -2.41. The summed E-state index contributed by atoms with van der Waals surface area (Å²) in [5, 5.41) is 2.75. The largest absolute Gasteiger partial charge is 0.364 e. The van der Waals surface area contributed by atoms with Crippen molar-refractivity contribution in [2.45, 2.75) is 23.8 Å². The molecule has 158 valence electrons. The first-order valence-electron chi connectivity index (χ1n) is 8.93. The van der Waals surface area contributed by atoms with Gasteiger partial charge in [-0.1, -0.05) is 11.6 Å². The Balaban J connectivity index is 2.14. The molecule has 8 nitrogen and oxygen atoms in total. The molecule has 2 aromatic rings. The lowest BCUT2D eigenvalue weighted by atomic mass is 10.0. The lowest BCUT2D eigenvalue weighted by molar-refractivity contribution is 0.0983. The summed E-state index contributed by atoms with van der Waals surface area (Å²) < 4.78 is 31.7. The molecule has 1 aliphatic heterocycles. The Morgan fingerprint density at radius 3 is 2.69 bits per heavy atom. The molecule has 11 heteroatoms. The van der Waals surface area contributed by atoms with Crippen LogP contribution in [0.25, 0.3) is 0 Å². The Labute approximate surface area is 178 Å². The van der Waals surface area contributed by atoms with Crippen LogP contribution in [0, 0.1) is 0 Å². The number of carbonyl (C=O) groups is 1. The number of nitrogens with one attached hydrogen (secondary N) is 1. The highest BCUT2D eigenvalue weighted by molar-refractivity contribution is 7.99. The SMILES string of the molecule is CCn1[nH]cc(C(=O)c2ccc(S(C)(=O)=O)c(N3CCOC(SC)C3)c2Cl)c1=O. The standard InChI is InChI=1S/C18H22ClN3O5S2/c1-4-22-18(24)12(9-20-22)17(23)11-5-6-13(29(3,25)26)16(15(11)19)21-7-8-27-14(10-21)28-2/h5-6,9,14,20H,4,7-8,10H2,1-3H3. The van der Waals surface area contributed by atoms with Crippen molar-refractivity contribution in [1.82, 2.24) is 9.78 Å². The van der Waals surface area contributed by atoms with E-state index >= 15 is 0 Å². The van der Waals surface area contributed by atoms with Crippen molar-refractivity contribution in [1.29, 1.82) is 0 Å². The fraction of sp³-hybridized carbons (Fsp3) is 0.444. The minimum absolute atomic E-state index is 0.0170. The number of aromatic amines is 1. The number of morpholine rings is 1. The summed E-state index contributed by atoms with van der Waals surface area (Å²) in [7, 11) is -3.60. The first-order valence-corrected chi connectivity index (χ1v) is 12.5. The number of nitrogens with zero attached hydrogens (tertiary/aromatic N) is 2. The molecule has 1 aromatic heterocycles. The van der Waals surface area contributed by atoms with Crippen LogP contribution in [0.2, 0.25) is 5.02 Å². The van der Waals surface area contributed by atoms with Gasteiger partial charge in [-0.15, -0.1) is 11.8 Å². The van der Waals surface area contributed by atoms with Crippen molar-refractivity contribution in [2.24, 2.45) is 0 Å². The topological polar surface area (TPSA) is 101 Å². The highest BCUT2D eigenvalue weighted by Crippen LogP contribution is 2.38. The van der Waals surface area contributed by atoms with E-state index in [0.717, 1.165) is 6.26 Å². The van der Waals surface area contributed by atoms with Crippen molar-refractivity contribution in [3.05, 3.63) is 44.8 Å². The molecular weight excluding hydrogens is 438 g/mol. The van der Waals surface area contributed by atoms with E-state index in [2.05, 4.69) is 5.10 Å². The molecule has 3 rings (SSSR count). The zero-order valence-electron chi connectivity index (χ0n) is 16.3. The number of aryl methyl sites for hydroxylation is 1. The van der Waals surface area contributed by atoms with Crippen molar-refractivity contribution in [2.75, 3.05) is 37.1 Å². The monoisotopic (exact) mass is 459 g/mol. The highest BCUT2D eigenvalue weighted by atomic mass is 35.5. The van der Waals surface area contributed by atoms with Gasteiger partial charge >= 0.3 is 0 Å². The third-order valence-corrected chi connectivity index (χ3v) is 7.06. The molecule has 1 saturated heterocycles. The number of benzene rings is 1. The Morgan fingerprint density at radius 2 is 2.10 bits per heavy atom. The molecule has 29 heavy (non-hydrogen) atoms. The van der Waals surface area contributed by atoms with Crippen molar-refractivity contribution < 1.29 is 17.9 Å². The molecular formula is C18H22ClN3O5S2. The van der Waals surface area contributed by atoms with Crippen LogP contribution in [0.3, 0.4) is 0 Å². The minimum atomic E-state index is -3.60. The lowest BCUT2D eigenvalue weighted by Gasteiger charge is -2.35. The van der Waals surface area contributed by atoms with Gasteiger partial charge in [0.15, 0.2) is 9.84 Å². The Morgan fingerprint density at radius 1 is 1.38 bits per heavy atom. The van der Waals surface area contributed by atoms with Gasteiger partial charge in [0.2, 0.25) is 5.78 Å². The van der Waals surface area contributed by atoms with E-state index < -0.39 is 21.2 Å². The van der Waals surface area contributed by atoms with Gasteiger partial charge in [0, 0.05) is 31.1 Å². The van der Waals surface area contributed by atoms with Gasteiger partial charge in [-0.3, -0.25) is 14.3 Å². The Hall–Kier alpha value is -1.75. The third-order valence-electron chi connectivity index (χ3n) is 4.74. The molecule has 1 aromatic carbocycles. The minimum Gasteiger partial charge on any atom is -0.364 e. The maximum Gasteiger partial charge on any atom is 0.277 e. The van der Waals surface area contributed by atoms with Crippen molar-refractivity contribution >= 4 is 44.7 Å². The fourth-order valence-corrected chi connectivity index (χ4v) is 5.12. The number of halogens is 1. The fourth-order valence-electron chi connectivity index (χ4n) is 3.23. The summed E-state index contributed by atoms with van der Waals surface area (Å²) >= 11 is 8.09. The van der Waals surface area contributed by atoms with Gasteiger partial charge in [0.25, 0.3) is 5.56 Å². The number of ether oxygens (including phenoxy) is 1. The number of hydrogen-bond acceptors (Lipinski definition) is 7. The average Bonchev–Trinajstić information content (AvgIpc) is 3.07. The predicted octanol–water partition coefficient (Wildman–Crippen LogP) is 2.01. The second kappa shape index (κ2) is 8.55. The van der Waals surface area contributed by atoms with E-state index in [0.29, 0.717) is 26.2 Å². The van der Waals surface area contributed by atoms with Crippen LogP contribution in [0.15, 0.2) is 28.0 Å². The molecule has 1 atom stereocenters. The van der Waals surface area contributed by atoms with E-state index in [1.807, 2.05) is 11.2 Å². The number of anilines is 1. The number of rotatable bonds is 6. The molecule has 0 spiro atoms. The Bertz CT molecular complexity index is 1090. The number of aromatic nitrogens is 2. The quantitative estimate of drug-likeness (QED) is 0.659. The van der Waals surface area contributed by atoms with Crippen LogP contribution in [0.5, 0.6) is 0 Å². The molecule has 2 heterocycles. The third kappa shape index (κ3) is 4.25. The average molecular weight is 460 g/mol. The van der Waals surface area contributed by atoms with Gasteiger partial charge in [0.1, 0.15) is 11.0 Å². The zero-order chi connectivity index (χ0) is 21.3. The first kappa shape index (κ1) is 21.9. The number of thioether (sulfide) groups is 1. The summed E-state index contributed by atoms with van der Waals surface area (Å²) in [5.74, 6) is -0.556. The second-order valence-corrected chi connectivity index (χ2v) is 9.95. The summed E-state index contributed by atoms with van der Waals surface area (Å²) in [6.07, 6.45) is 4.34. The van der Waals surface area contributed by atoms with Crippen LogP contribution < -0.4 is 10.5 Å². The maximum atomic E-state index is 13.0. The van der Waals surface area contributed by atoms with Crippen molar-refractivity contribution in [3.8, 4) is 0 Å². The molecule has 1 aliphatic rings. The molecule has 0 aliphatic carbocycles. The van der Waals surface area contributed by atoms with Crippen LogP contribution in [-0.2, 0) is 21.1 Å². The number of carbonyl (C=O) groups excluding carboxylic acids is 1. The van der Waals surface area contributed by atoms with Crippen LogP contribution in [0.4, 0.5) is 5.69 Å². The van der Waals surface area contributed by atoms with E-state index in [1.165, 1.54) is 34.8 Å². The molecule has 1 fully saturated rings.